The molecule has 4 aromatic heterocycles. The van der Waals surface area contributed by atoms with Gasteiger partial charge in [-0.3, -0.25) is 29.8 Å². The van der Waals surface area contributed by atoms with E-state index in [4.69, 9.17) is 45.3 Å². The number of aromatic nitrogens is 4. The Kier molecular flexibility index (Phi) is 15.1. The highest BCUT2D eigenvalue weighted by Crippen LogP contribution is 2.23. The Morgan fingerprint density at radius 1 is 0.745 bits per heavy atom. The fourth-order valence-corrected chi connectivity index (χ4v) is 3.77. The van der Waals surface area contributed by atoms with Gasteiger partial charge in [-0.25, -0.2) is 9.97 Å². The number of carboxylic acids is 1. The molecule has 0 bridgehead atoms. The van der Waals surface area contributed by atoms with Crippen molar-refractivity contribution in [3.05, 3.63) is 84.4 Å². The van der Waals surface area contributed by atoms with Crippen LogP contribution in [0.1, 0.15) is 45.7 Å². The highest BCUT2D eigenvalue weighted by molar-refractivity contribution is 5.94. The maximum absolute atomic E-state index is 11.6. The number of carbonyl (C=O) groups is 3. The molecule has 0 unspecified atom stereocenters. The molecule has 0 fully saturated rings. The van der Waals surface area contributed by atoms with E-state index in [1.165, 1.54) is 20.4 Å². The van der Waals surface area contributed by atoms with Crippen LogP contribution in [-0.2, 0) is 23.9 Å². The summed E-state index contributed by atoms with van der Waals surface area (Å²) in [5.74, 6) is -0.704. The van der Waals surface area contributed by atoms with Gasteiger partial charge in [0, 0.05) is 60.5 Å². The van der Waals surface area contributed by atoms with Crippen LogP contribution in [0.5, 0.6) is 11.8 Å². The van der Waals surface area contributed by atoms with Crippen molar-refractivity contribution in [2.24, 2.45) is 16.6 Å². The van der Waals surface area contributed by atoms with Crippen molar-refractivity contribution in [2.45, 2.75) is 34.6 Å². The molecule has 0 aromatic carbocycles. The molecule has 0 atom stereocenters. The third kappa shape index (κ3) is 13.2. The Labute approximate surface area is 295 Å². The first-order valence-electron chi connectivity index (χ1n) is 15.2. The number of nitrogens with zero attached hydrogens (tertiary/aromatic N) is 5. The number of esters is 2. The molecule has 0 radical (unpaired) electrons. The summed E-state index contributed by atoms with van der Waals surface area (Å²) in [6.07, 6.45) is 6.32. The number of hydrogen-bond donors (Lipinski definition) is 3. The fourth-order valence-electron chi connectivity index (χ4n) is 3.77. The van der Waals surface area contributed by atoms with E-state index in [-0.39, 0.29) is 31.0 Å². The van der Waals surface area contributed by atoms with Crippen LogP contribution in [0, 0.1) is 27.6 Å². The molecule has 268 valence electrons. The number of carbonyl (C=O) groups excluding carboxylic acids is 2. The van der Waals surface area contributed by atoms with Gasteiger partial charge in [-0.05, 0) is 64.1 Å². The summed E-state index contributed by atoms with van der Waals surface area (Å²) >= 11 is 0. The topological polar surface area (TPSA) is 234 Å². The Balaban J connectivity index is 0.000000320. The zero-order valence-corrected chi connectivity index (χ0v) is 29.5. The smallest absolute Gasteiger partial charge is 0.314 e. The first-order valence-corrected chi connectivity index (χ1v) is 15.2. The van der Waals surface area contributed by atoms with E-state index < -0.39 is 16.8 Å². The molecule has 0 aliphatic heterocycles. The maximum atomic E-state index is 11.6. The van der Waals surface area contributed by atoms with Crippen molar-refractivity contribution >= 4 is 23.7 Å². The molecule has 0 saturated heterocycles. The van der Waals surface area contributed by atoms with Gasteiger partial charge in [0.2, 0.25) is 11.8 Å². The van der Waals surface area contributed by atoms with Gasteiger partial charge in [0.05, 0.1) is 42.0 Å². The molecule has 15 heteroatoms. The minimum absolute atomic E-state index is 0.0239. The summed E-state index contributed by atoms with van der Waals surface area (Å²) in [4.78, 5) is 49.1. The zero-order valence-electron chi connectivity index (χ0n) is 29.5. The summed E-state index contributed by atoms with van der Waals surface area (Å²) in [6, 6.07) is 16.1. The van der Waals surface area contributed by atoms with Crippen LogP contribution in [0.3, 0.4) is 0 Å². The van der Waals surface area contributed by atoms with Crippen molar-refractivity contribution in [1.82, 2.24) is 19.9 Å². The predicted octanol–water partition coefficient (Wildman–Crippen LogP) is 4.69. The number of nitrogens with two attached hydrogens (primary N) is 1. The number of nitrogens with one attached hydrogen (secondary N) is 1. The van der Waals surface area contributed by atoms with E-state index in [2.05, 4.69) is 19.9 Å². The molecule has 4 aromatic rings. The van der Waals surface area contributed by atoms with Gasteiger partial charge in [0.15, 0.2) is 0 Å². The number of nitriles is 1. The standard InChI is InChI=1S/C17H20N4O3.C17H17N3O3.C2H4O2/c1-17(2,16(22)23-3)10-24-14-7-5-11(8-21-14)13-6-4-12(9-20-13)15(18)19;1-17(2,16(21)22-3)11-23-15-7-5-13(10-20-15)14-6-4-12(8-18)9-19-14;1-2(3)4/h4-9H,10H2,1-3H3,(H3,18,19);4-7,9-10H,11H2,1-3H3;1H3,(H,3,4). The van der Waals surface area contributed by atoms with E-state index in [1.807, 2.05) is 18.2 Å². The molecule has 51 heavy (non-hydrogen) atoms. The highest BCUT2D eigenvalue weighted by atomic mass is 16.5. The monoisotopic (exact) mass is 699 g/mol. The summed E-state index contributed by atoms with van der Waals surface area (Å²) in [7, 11) is 2.70. The molecule has 0 aliphatic rings. The van der Waals surface area contributed by atoms with Crippen molar-refractivity contribution in [1.29, 1.82) is 10.7 Å². The number of nitrogen functional groups attached to an aromatic ring is 1. The van der Waals surface area contributed by atoms with Crippen molar-refractivity contribution in [2.75, 3.05) is 27.4 Å². The van der Waals surface area contributed by atoms with E-state index in [9.17, 15) is 9.59 Å². The minimum Gasteiger partial charge on any atom is -0.481 e. The molecular weight excluding hydrogens is 658 g/mol. The van der Waals surface area contributed by atoms with E-state index >= 15 is 0 Å². The average Bonchev–Trinajstić information content (AvgIpc) is 3.13. The third-order valence-corrected chi connectivity index (χ3v) is 6.67. The lowest BCUT2D eigenvalue weighted by atomic mass is 9.95. The largest absolute Gasteiger partial charge is 0.481 e. The number of aliphatic carboxylic acids is 1. The Morgan fingerprint density at radius 3 is 1.47 bits per heavy atom. The lowest BCUT2D eigenvalue weighted by Crippen LogP contribution is -2.32. The summed E-state index contributed by atoms with van der Waals surface area (Å²) in [6.45, 7) is 8.39. The number of amidine groups is 1. The number of carboxylic acid groups (broad SMARTS) is 1. The number of pyridine rings is 4. The minimum atomic E-state index is -0.833. The van der Waals surface area contributed by atoms with Crippen LogP contribution >= 0.6 is 0 Å². The molecule has 0 saturated carbocycles. The molecule has 0 amide bonds. The van der Waals surface area contributed by atoms with Gasteiger partial charge in [-0.2, -0.15) is 5.26 Å². The predicted molar refractivity (Wildman–Crippen MR) is 187 cm³/mol. The number of rotatable bonds is 11. The third-order valence-electron chi connectivity index (χ3n) is 6.67. The van der Waals surface area contributed by atoms with Crippen molar-refractivity contribution < 1.29 is 38.4 Å². The lowest BCUT2D eigenvalue weighted by molar-refractivity contribution is -0.153. The quantitative estimate of drug-likeness (QED) is 0.109. The van der Waals surface area contributed by atoms with E-state index in [0.29, 0.717) is 28.6 Å². The van der Waals surface area contributed by atoms with Crippen LogP contribution in [0.2, 0.25) is 0 Å². The maximum Gasteiger partial charge on any atom is 0.314 e. The van der Waals surface area contributed by atoms with Gasteiger partial charge >= 0.3 is 11.9 Å². The SMILES string of the molecule is CC(=O)O.COC(=O)C(C)(C)COc1ccc(-c2ccc(C#N)cn2)cn1.COC(=O)C(C)(C)COc1ccc(-c2ccc(C(=N)N)cn2)cn1. The van der Waals surface area contributed by atoms with Crippen LogP contribution in [0.25, 0.3) is 22.5 Å². The number of methoxy groups -OCH3 is 2. The lowest BCUT2D eigenvalue weighted by Gasteiger charge is -2.21. The zero-order chi connectivity index (χ0) is 38.2. The molecule has 4 heterocycles. The van der Waals surface area contributed by atoms with Gasteiger partial charge in [-0.15, -0.1) is 0 Å². The molecule has 0 aliphatic carbocycles. The highest BCUT2D eigenvalue weighted by Gasteiger charge is 2.30. The van der Waals surface area contributed by atoms with Crippen LogP contribution in [0.4, 0.5) is 0 Å². The second-order valence-electron chi connectivity index (χ2n) is 12.0. The van der Waals surface area contributed by atoms with Crippen LogP contribution < -0.4 is 15.2 Å². The molecule has 15 nitrogen and oxygen atoms in total. The van der Waals surface area contributed by atoms with Gasteiger partial charge in [0.25, 0.3) is 5.97 Å². The Morgan fingerprint density at radius 2 is 1.18 bits per heavy atom. The van der Waals surface area contributed by atoms with Gasteiger partial charge < -0.3 is 29.8 Å². The summed E-state index contributed by atoms with van der Waals surface area (Å²) in [5.41, 5.74) is 8.04. The first kappa shape index (κ1) is 40.7. The summed E-state index contributed by atoms with van der Waals surface area (Å²) < 4.78 is 20.6. The first-order chi connectivity index (χ1) is 24.0. The van der Waals surface area contributed by atoms with Gasteiger partial charge in [0.1, 0.15) is 25.1 Å². The van der Waals surface area contributed by atoms with Crippen molar-refractivity contribution in [3.63, 3.8) is 0 Å². The molecular formula is C36H41N7O8. The Bertz CT molecular complexity index is 1800. The van der Waals surface area contributed by atoms with Gasteiger partial charge in [-0.1, -0.05) is 0 Å². The second-order valence-corrected chi connectivity index (χ2v) is 12.0. The van der Waals surface area contributed by atoms with Crippen molar-refractivity contribution in [3.8, 4) is 40.3 Å². The molecule has 4 rings (SSSR count). The van der Waals surface area contributed by atoms with Crippen LogP contribution in [-0.4, -0.2) is 76.2 Å². The number of hydrogen-bond acceptors (Lipinski definition) is 13. The van der Waals surface area contributed by atoms with E-state index in [1.54, 1.807) is 82.7 Å². The average molecular weight is 700 g/mol. The van der Waals surface area contributed by atoms with Crippen LogP contribution in [0.15, 0.2) is 73.3 Å². The summed E-state index contributed by atoms with van der Waals surface area (Å²) in [5, 5.41) is 23.5. The van der Waals surface area contributed by atoms with E-state index in [0.717, 1.165) is 23.7 Å². The molecule has 0 spiro atoms. The number of ether oxygens (including phenoxy) is 4. The molecule has 4 N–H and O–H groups in total. The fraction of sp³-hybridized carbons (Fsp3) is 0.306. The normalized spacial score (nSPS) is 10.5. The second kappa shape index (κ2) is 18.9. The Hall–Kier alpha value is -6.43.